The van der Waals surface area contributed by atoms with Crippen LogP contribution >= 0.6 is 27.3 Å². The zero-order chi connectivity index (χ0) is 11.8. The minimum absolute atomic E-state index is 0.179. The molecule has 1 nitrogen and oxygen atoms in total. The van der Waals surface area contributed by atoms with E-state index in [0.29, 0.717) is 5.69 Å². The highest BCUT2D eigenvalue weighted by Gasteiger charge is 2.04. The van der Waals surface area contributed by atoms with Crippen molar-refractivity contribution >= 4 is 27.3 Å². The van der Waals surface area contributed by atoms with E-state index in [2.05, 4.69) is 20.9 Å². The molecule has 0 bridgehead atoms. The first kappa shape index (κ1) is 5.94. The highest BCUT2D eigenvalue weighted by Crippen LogP contribution is 2.28. The molecule has 0 spiro atoms. The molecule has 0 fully saturated rings. The number of halogens is 1. The number of aromatic nitrogens is 1. The van der Waals surface area contributed by atoms with E-state index in [-0.39, 0.29) is 5.01 Å². The van der Waals surface area contributed by atoms with Crippen LogP contribution in [-0.2, 0) is 0 Å². The average Bonchev–Trinajstić information content (AvgIpc) is 2.66. The summed E-state index contributed by atoms with van der Waals surface area (Å²) in [6.07, 6.45) is 0. The van der Waals surface area contributed by atoms with Crippen LogP contribution in [0, 0.1) is 6.85 Å². The van der Waals surface area contributed by atoms with Gasteiger partial charge < -0.3 is 0 Å². The molecule has 1 aromatic carbocycles. The third kappa shape index (κ3) is 1.81. The zero-order valence-corrected chi connectivity index (χ0v) is 9.02. The molecule has 0 aliphatic carbocycles. The molecule has 1 heterocycles. The predicted molar refractivity (Wildman–Crippen MR) is 60.0 cm³/mol. The lowest BCUT2D eigenvalue weighted by molar-refractivity contribution is 1.29. The van der Waals surface area contributed by atoms with Crippen molar-refractivity contribution in [2.75, 3.05) is 0 Å². The highest BCUT2D eigenvalue weighted by molar-refractivity contribution is 9.10. The lowest BCUT2D eigenvalue weighted by Crippen LogP contribution is -1.78. The van der Waals surface area contributed by atoms with Crippen LogP contribution < -0.4 is 0 Å². The largest absolute Gasteiger partial charge is 0.242 e. The van der Waals surface area contributed by atoms with E-state index in [1.165, 1.54) is 11.3 Å². The Balaban J connectivity index is 2.44. The number of aryl methyl sites for hydroxylation is 1. The molecule has 1 aromatic heterocycles. The summed E-state index contributed by atoms with van der Waals surface area (Å²) in [7, 11) is 0. The zero-order valence-electron chi connectivity index (χ0n) is 9.62. The van der Waals surface area contributed by atoms with Crippen molar-refractivity contribution in [3.8, 4) is 11.3 Å². The number of nitrogens with zero attached hydrogens (tertiary/aromatic N) is 1. The summed E-state index contributed by atoms with van der Waals surface area (Å²) in [5.74, 6) is 0. The van der Waals surface area contributed by atoms with E-state index < -0.39 is 6.85 Å². The summed E-state index contributed by atoms with van der Waals surface area (Å²) in [6.45, 7) is -2.12. The number of rotatable bonds is 1. The van der Waals surface area contributed by atoms with E-state index in [1.54, 1.807) is 5.38 Å². The second kappa shape index (κ2) is 3.60. The van der Waals surface area contributed by atoms with E-state index >= 15 is 0 Å². The van der Waals surface area contributed by atoms with Crippen LogP contribution in [0.3, 0.4) is 0 Å². The summed E-state index contributed by atoms with van der Waals surface area (Å²) >= 11 is 4.58. The lowest BCUT2D eigenvalue weighted by Gasteiger charge is -1.98. The van der Waals surface area contributed by atoms with Crippen molar-refractivity contribution in [3.05, 3.63) is 39.1 Å². The third-order valence-electron chi connectivity index (χ3n) is 1.65. The highest BCUT2D eigenvalue weighted by atomic mass is 79.9. The third-order valence-corrected chi connectivity index (χ3v) is 3.00. The second-order valence-corrected chi connectivity index (χ2v) is 4.23. The Hall–Kier alpha value is -0.670. The molecule has 0 saturated carbocycles. The van der Waals surface area contributed by atoms with E-state index in [1.807, 2.05) is 24.3 Å². The molecule has 0 N–H and O–H groups in total. The van der Waals surface area contributed by atoms with Gasteiger partial charge in [-0.05, 0) is 12.9 Å². The first-order valence-corrected chi connectivity index (χ1v) is 5.36. The molecule has 0 amide bonds. The maximum absolute atomic E-state index is 7.27. The molecular weight excluding hydrogens is 246 g/mol. The Morgan fingerprint density at radius 1 is 1.46 bits per heavy atom. The predicted octanol–water partition coefficient (Wildman–Crippen LogP) is 3.88. The Morgan fingerprint density at radius 2 is 2.31 bits per heavy atom. The molecule has 0 unspecified atom stereocenters. The quantitative estimate of drug-likeness (QED) is 0.755. The van der Waals surface area contributed by atoms with E-state index in [9.17, 15) is 0 Å². The smallest absolute Gasteiger partial charge is 0.0901 e. The van der Waals surface area contributed by atoms with Crippen molar-refractivity contribution in [3.63, 3.8) is 0 Å². The van der Waals surface area contributed by atoms with Gasteiger partial charge >= 0.3 is 0 Å². The van der Waals surface area contributed by atoms with Gasteiger partial charge in [0, 0.05) is 19.5 Å². The van der Waals surface area contributed by atoms with Gasteiger partial charge in [-0.25, -0.2) is 4.98 Å². The molecule has 3 heteroatoms. The van der Waals surface area contributed by atoms with Crippen LogP contribution in [0.5, 0.6) is 0 Å². The topological polar surface area (TPSA) is 12.9 Å². The van der Waals surface area contributed by atoms with Gasteiger partial charge in [-0.15, -0.1) is 11.3 Å². The van der Waals surface area contributed by atoms with Crippen LogP contribution in [0.4, 0.5) is 0 Å². The normalized spacial score (nSPS) is 14.7. The summed E-state index contributed by atoms with van der Waals surface area (Å²) in [6, 6.07) is 7.62. The number of benzene rings is 1. The minimum Gasteiger partial charge on any atom is -0.242 e. The maximum Gasteiger partial charge on any atom is 0.0901 e. The van der Waals surface area contributed by atoms with Crippen LogP contribution in [-0.4, -0.2) is 4.98 Å². The summed E-state index contributed by atoms with van der Waals surface area (Å²) in [5, 5.41) is 1.94. The van der Waals surface area contributed by atoms with Gasteiger partial charge in [0.1, 0.15) is 0 Å². The molecule has 2 rings (SSSR count). The fraction of sp³-hybridized carbons (Fsp3) is 0.100. The lowest BCUT2D eigenvalue weighted by atomic mass is 10.2. The fourth-order valence-corrected chi connectivity index (χ4v) is 2.11. The molecule has 13 heavy (non-hydrogen) atoms. The molecule has 66 valence electrons. The van der Waals surface area contributed by atoms with Crippen LogP contribution in [0.1, 0.15) is 9.12 Å². The summed E-state index contributed by atoms with van der Waals surface area (Å²) < 4.78 is 22.7. The molecule has 0 aliphatic rings. The number of hydrogen-bond acceptors (Lipinski definition) is 2. The van der Waals surface area contributed by atoms with Gasteiger partial charge in [0.05, 0.1) is 10.7 Å². The van der Waals surface area contributed by atoms with Gasteiger partial charge in [-0.2, -0.15) is 0 Å². The molecule has 0 radical (unpaired) electrons. The van der Waals surface area contributed by atoms with Crippen molar-refractivity contribution in [2.45, 2.75) is 6.85 Å². The van der Waals surface area contributed by atoms with Crippen molar-refractivity contribution < 1.29 is 4.11 Å². The molecule has 0 saturated heterocycles. The van der Waals surface area contributed by atoms with Crippen LogP contribution in [0.2, 0.25) is 0 Å². The first-order chi connectivity index (χ1) is 7.48. The Morgan fingerprint density at radius 3 is 3.00 bits per heavy atom. The standard InChI is InChI=1S/C10H8BrNS/c1-7-12-10(6-13-7)8-4-2-3-5-9(8)11/h2-6H,1H3/i1D3. The molecule has 0 atom stereocenters. The van der Waals surface area contributed by atoms with E-state index in [4.69, 9.17) is 4.11 Å². The second-order valence-electron chi connectivity index (χ2n) is 2.52. The van der Waals surface area contributed by atoms with Gasteiger partial charge in [-0.3, -0.25) is 0 Å². The fourth-order valence-electron chi connectivity index (χ4n) is 1.07. The Bertz CT molecular complexity index is 507. The van der Waals surface area contributed by atoms with Gasteiger partial charge in [0.25, 0.3) is 0 Å². The Labute approximate surface area is 93.8 Å². The van der Waals surface area contributed by atoms with Crippen LogP contribution in [0.15, 0.2) is 34.1 Å². The van der Waals surface area contributed by atoms with Crippen molar-refractivity contribution in [1.82, 2.24) is 4.98 Å². The Kier molecular flexibility index (Phi) is 1.64. The first-order valence-electron chi connectivity index (χ1n) is 5.19. The van der Waals surface area contributed by atoms with Crippen molar-refractivity contribution in [1.29, 1.82) is 0 Å². The average molecular weight is 257 g/mol. The number of thiazole rings is 1. The molecular formula is C10H8BrNS. The van der Waals surface area contributed by atoms with Gasteiger partial charge in [0.15, 0.2) is 0 Å². The molecule has 2 aromatic rings. The summed E-state index contributed by atoms with van der Waals surface area (Å²) in [5.41, 5.74) is 1.61. The number of hydrogen-bond donors (Lipinski definition) is 0. The summed E-state index contributed by atoms with van der Waals surface area (Å²) in [4.78, 5) is 4.14. The van der Waals surface area contributed by atoms with Crippen molar-refractivity contribution in [2.24, 2.45) is 0 Å². The van der Waals surface area contributed by atoms with Gasteiger partial charge in [0.2, 0.25) is 0 Å². The van der Waals surface area contributed by atoms with E-state index in [0.717, 1.165) is 10.0 Å². The SMILES string of the molecule is [2H]C([2H])([2H])c1nc(-c2ccccc2Br)cs1. The van der Waals surface area contributed by atoms with Crippen LogP contribution in [0.25, 0.3) is 11.3 Å². The maximum atomic E-state index is 7.27. The van der Waals surface area contributed by atoms with Gasteiger partial charge in [-0.1, -0.05) is 34.1 Å². The molecule has 0 aliphatic heterocycles. The minimum atomic E-state index is -2.12. The monoisotopic (exact) mass is 256 g/mol.